The van der Waals surface area contributed by atoms with Gasteiger partial charge >= 0.3 is 0 Å². The number of sulfonamides is 1. The maximum Gasteiger partial charge on any atom is 0.271 e. The van der Waals surface area contributed by atoms with Crippen molar-refractivity contribution in [3.63, 3.8) is 0 Å². The summed E-state index contributed by atoms with van der Waals surface area (Å²) in [6.07, 6.45) is 0.824. The maximum absolute atomic E-state index is 12.4. The number of rotatable bonds is 4. The first-order valence-electron chi connectivity index (χ1n) is 6.21. The number of aryl methyl sites for hydroxylation is 3. The van der Waals surface area contributed by atoms with E-state index in [1.807, 2.05) is 32.9 Å². The molecule has 20 heavy (non-hydrogen) atoms. The van der Waals surface area contributed by atoms with Crippen LogP contribution in [0.5, 0.6) is 0 Å². The van der Waals surface area contributed by atoms with Gasteiger partial charge in [-0.2, -0.15) is 0 Å². The van der Waals surface area contributed by atoms with Crippen LogP contribution in [0.15, 0.2) is 28.5 Å². The molecule has 0 aliphatic heterocycles. The smallest absolute Gasteiger partial charge is 0.271 e. The first-order valence-corrected chi connectivity index (χ1v) is 8.89. The summed E-state index contributed by atoms with van der Waals surface area (Å²) in [6.45, 7) is 5.75. The molecular formula is C14H16ClNO2S2. The molecule has 1 aromatic heterocycles. The highest BCUT2D eigenvalue weighted by Gasteiger charge is 2.19. The molecule has 0 saturated heterocycles. The van der Waals surface area contributed by atoms with Gasteiger partial charge in [0.25, 0.3) is 10.0 Å². The molecule has 0 bridgehead atoms. The van der Waals surface area contributed by atoms with E-state index in [0.717, 1.165) is 22.4 Å². The topological polar surface area (TPSA) is 46.2 Å². The van der Waals surface area contributed by atoms with E-state index in [9.17, 15) is 8.42 Å². The van der Waals surface area contributed by atoms with Crippen LogP contribution in [0.4, 0.5) is 5.69 Å². The average molecular weight is 330 g/mol. The molecule has 1 heterocycles. The molecule has 0 aliphatic rings. The second-order valence-electron chi connectivity index (χ2n) is 4.62. The summed E-state index contributed by atoms with van der Waals surface area (Å²) in [5.41, 5.74) is 2.26. The molecule has 0 atom stereocenters. The van der Waals surface area contributed by atoms with Crippen molar-refractivity contribution in [2.45, 2.75) is 31.4 Å². The van der Waals surface area contributed by atoms with Crippen LogP contribution in [0, 0.1) is 13.8 Å². The van der Waals surface area contributed by atoms with Crippen molar-refractivity contribution < 1.29 is 8.42 Å². The second-order valence-corrected chi connectivity index (χ2v) is 8.10. The number of anilines is 1. The van der Waals surface area contributed by atoms with Crippen LogP contribution in [0.25, 0.3) is 0 Å². The average Bonchev–Trinajstić information content (AvgIpc) is 2.83. The zero-order valence-corrected chi connectivity index (χ0v) is 13.9. The molecule has 0 amide bonds. The number of halogens is 1. The SMILES string of the molecule is CCc1ccc(S(=O)(=O)Nc2c(C)cc(C)cc2Cl)s1. The predicted octanol–water partition coefficient (Wildman–Crippen LogP) is 4.38. The van der Waals surface area contributed by atoms with E-state index in [1.54, 1.807) is 12.1 Å². The fourth-order valence-electron chi connectivity index (χ4n) is 1.92. The van der Waals surface area contributed by atoms with E-state index in [0.29, 0.717) is 14.9 Å². The van der Waals surface area contributed by atoms with Crippen molar-refractivity contribution in [3.8, 4) is 0 Å². The minimum atomic E-state index is -3.58. The molecule has 2 aromatic rings. The van der Waals surface area contributed by atoms with Crippen molar-refractivity contribution in [2.75, 3.05) is 4.72 Å². The van der Waals surface area contributed by atoms with Crippen LogP contribution < -0.4 is 4.72 Å². The Labute approximate surface area is 128 Å². The lowest BCUT2D eigenvalue weighted by Gasteiger charge is -2.12. The van der Waals surface area contributed by atoms with Crippen molar-refractivity contribution in [2.24, 2.45) is 0 Å². The number of benzene rings is 1. The molecule has 108 valence electrons. The fourth-order valence-corrected chi connectivity index (χ4v) is 4.79. The third-order valence-electron chi connectivity index (χ3n) is 2.92. The molecular weight excluding hydrogens is 314 g/mol. The van der Waals surface area contributed by atoms with E-state index >= 15 is 0 Å². The largest absolute Gasteiger partial charge is 0.277 e. The molecule has 0 aliphatic carbocycles. The van der Waals surface area contributed by atoms with E-state index in [4.69, 9.17) is 11.6 Å². The lowest BCUT2D eigenvalue weighted by molar-refractivity contribution is 0.603. The van der Waals surface area contributed by atoms with E-state index in [2.05, 4.69) is 4.72 Å². The molecule has 1 aromatic carbocycles. The van der Waals surface area contributed by atoms with Gasteiger partial charge in [-0.25, -0.2) is 8.42 Å². The summed E-state index contributed by atoms with van der Waals surface area (Å²) in [6, 6.07) is 7.11. The monoisotopic (exact) mass is 329 g/mol. The summed E-state index contributed by atoms with van der Waals surface area (Å²) in [5.74, 6) is 0. The minimum absolute atomic E-state index is 0.311. The van der Waals surface area contributed by atoms with Gasteiger partial charge in [0.15, 0.2) is 0 Å². The first-order chi connectivity index (χ1) is 9.33. The lowest BCUT2D eigenvalue weighted by atomic mass is 10.1. The van der Waals surface area contributed by atoms with Gasteiger partial charge in [-0.15, -0.1) is 11.3 Å². The minimum Gasteiger partial charge on any atom is -0.277 e. The van der Waals surface area contributed by atoms with Crippen LogP contribution in [0.3, 0.4) is 0 Å². The van der Waals surface area contributed by atoms with E-state index in [1.165, 1.54) is 11.3 Å². The highest BCUT2D eigenvalue weighted by Crippen LogP contribution is 2.31. The Morgan fingerprint density at radius 2 is 1.95 bits per heavy atom. The Morgan fingerprint density at radius 1 is 1.25 bits per heavy atom. The Hall–Kier alpha value is -1.04. The first kappa shape index (κ1) is 15.4. The van der Waals surface area contributed by atoms with Crippen molar-refractivity contribution in [3.05, 3.63) is 45.3 Å². The van der Waals surface area contributed by atoms with Crippen LogP contribution >= 0.6 is 22.9 Å². The second kappa shape index (κ2) is 5.76. The van der Waals surface area contributed by atoms with Crippen molar-refractivity contribution in [1.82, 2.24) is 0 Å². The zero-order valence-electron chi connectivity index (χ0n) is 11.5. The van der Waals surface area contributed by atoms with E-state index in [-0.39, 0.29) is 0 Å². The molecule has 3 nitrogen and oxygen atoms in total. The number of nitrogens with one attached hydrogen (secondary N) is 1. The summed E-state index contributed by atoms with van der Waals surface area (Å²) < 4.78 is 27.6. The van der Waals surface area contributed by atoms with Gasteiger partial charge in [0, 0.05) is 4.88 Å². The van der Waals surface area contributed by atoms with Crippen LogP contribution in [-0.2, 0) is 16.4 Å². The van der Waals surface area contributed by atoms with Gasteiger partial charge < -0.3 is 0 Å². The standard InChI is InChI=1S/C14H16ClNO2S2/c1-4-11-5-6-13(19-11)20(17,18)16-14-10(3)7-9(2)8-12(14)15/h5-8,16H,4H2,1-3H3. The van der Waals surface area contributed by atoms with Gasteiger partial charge in [-0.3, -0.25) is 4.72 Å². The molecule has 1 N–H and O–H groups in total. The molecule has 0 saturated carbocycles. The summed E-state index contributed by atoms with van der Waals surface area (Å²) in [7, 11) is -3.58. The maximum atomic E-state index is 12.4. The third kappa shape index (κ3) is 3.16. The highest BCUT2D eigenvalue weighted by molar-refractivity contribution is 7.94. The van der Waals surface area contributed by atoms with Crippen LogP contribution in [0.1, 0.15) is 22.9 Å². The number of thiophene rings is 1. The summed E-state index contributed by atoms with van der Waals surface area (Å²) in [5, 5.41) is 0.415. The Kier molecular flexibility index (Phi) is 4.42. The Balaban J connectivity index is 2.38. The van der Waals surface area contributed by atoms with Crippen molar-refractivity contribution in [1.29, 1.82) is 0 Å². The van der Waals surface area contributed by atoms with Gasteiger partial charge in [0.2, 0.25) is 0 Å². The molecule has 0 radical (unpaired) electrons. The zero-order chi connectivity index (χ0) is 14.9. The summed E-state index contributed by atoms with van der Waals surface area (Å²) >= 11 is 7.42. The van der Waals surface area contributed by atoms with Gasteiger partial charge in [0.1, 0.15) is 4.21 Å². The van der Waals surface area contributed by atoms with Crippen LogP contribution in [0.2, 0.25) is 5.02 Å². The third-order valence-corrected chi connectivity index (χ3v) is 6.29. The molecule has 6 heteroatoms. The Bertz CT molecular complexity index is 712. The van der Waals surface area contributed by atoms with E-state index < -0.39 is 10.0 Å². The van der Waals surface area contributed by atoms with Crippen LogP contribution in [-0.4, -0.2) is 8.42 Å². The lowest BCUT2D eigenvalue weighted by Crippen LogP contribution is -2.12. The molecule has 0 unspecified atom stereocenters. The number of hydrogen-bond donors (Lipinski definition) is 1. The Morgan fingerprint density at radius 3 is 2.50 bits per heavy atom. The quantitative estimate of drug-likeness (QED) is 0.904. The van der Waals surface area contributed by atoms with Gasteiger partial charge in [-0.05, 0) is 49.6 Å². The summed E-state index contributed by atoms with van der Waals surface area (Å²) in [4.78, 5) is 1.04. The molecule has 0 fully saturated rings. The molecule has 2 rings (SSSR count). The fraction of sp³-hybridized carbons (Fsp3) is 0.286. The highest BCUT2D eigenvalue weighted by atomic mass is 35.5. The van der Waals surface area contributed by atoms with Crippen molar-refractivity contribution >= 4 is 38.6 Å². The predicted molar refractivity (Wildman–Crippen MR) is 85.4 cm³/mol. The van der Waals surface area contributed by atoms with Gasteiger partial charge in [-0.1, -0.05) is 24.6 Å². The van der Waals surface area contributed by atoms with Gasteiger partial charge in [0.05, 0.1) is 10.7 Å². The normalized spacial score (nSPS) is 11.6. The number of hydrogen-bond acceptors (Lipinski definition) is 3. The molecule has 0 spiro atoms.